The normalized spacial score (nSPS) is 22.3. The van der Waals surface area contributed by atoms with E-state index in [0.717, 1.165) is 24.9 Å². The van der Waals surface area contributed by atoms with Crippen molar-refractivity contribution in [1.29, 1.82) is 0 Å². The first-order chi connectivity index (χ1) is 9.90. The molecule has 0 spiro atoms. The van der Waals surface area contributed by atoms with Gasteiger partial charge in [0.1, 0.15) is 0 Å². The van der Waals surface area contributed by atoms with Gasteiger partial charge < -0.3 is 15.7 Å². The summed E-state index contributed by atoms with van der Waals surface area (Å²) in [6, 6.07) is 6.83. The van der Waals surface area contributed by atoms with Gasteiger partial charge in [0.25, 0.3) is 0 Å². The highest BCUT2D eigenvalue weighted by Crippen LogP contribution is 2.27. The van der Waals surface area contributed by atoms with Crippen LogP contribution in [-0.4, -0.2) is 50.4 Å². The number of rotatable bonds is 7. The number of hydrogen-bond donors (Lipinski definition) is 2. The van der Waals surface area contributed by atoms with Gasteiger partial charge in [0.05, 0.1) is 16.8 Å². The van der Waals surface area contributed by atoms with E-state index in [-0.39, 0.29) is 11.9 Å². The molecule has 5 nitrogen and oxygen atoms in total. The highest BCUT2D eigenvalue weighted by atomic mass is 32.2. The molecule has 1 saturated carbocycles. The standard InChI is InChI=1S/C15H24N2O3S/c1-17(11-13-7-14(18)8-13)5-6-21(19,20)15-4-2-3-12(9-15)10-16/h2-4,9,13-14,18H,5-8,10-11,16H2,1H3. The lowest BCUT2D eigenvalue weighted by atomic mass is 9.82. The maximum absolute atomic E-state index is 12.3. The lowest BCUT2D eigenvalue weighted by Crippen LogP contribution is -2.38. The summed E-state index contributed by atoms with van der Waals surface area (Å²) in [7, 11) is -1.34. The third-order valence-electron chi connectivity index (χ3n) is 4.02. The zero-order valence-electron chi connectivity index (χ0n) is 12.4. The molecule has 0 aliphatic heterocycles. The van der Waals surface area contributed by atoms with Crippen molar-refractivity contribution in [2.45, 2.75) is 30.4 Å². The predicted molar refractivity (Wildman–Crippen MR) is 82.6 cm³/mol. The quantitative estimate of drug-likeness (QED) is 0.771. The molecule has 3 N–H and O–H groups in total. The Morgan fingerprint density at radius 3 is 2.71 bits per heavy atom. The Labute approximate surface area is 126 Å². The number of sulfone groups is 1. The van der Waals surface area contributed by atoms with Crippen molar-refractivity contribution in [1.82, 2.24) is 4.90 Å². The summed E-state index contributed by atoms with van der Waals surface area (Å²) in [6.45, 7) is 1.68. The molecule has 0 aromatic heterocycles. The average Bonchev–Trinajstić information content (AvgIpc) is 2.44. The van der Waals surface area contributed by atoms with E-state index in [0.29, 0.717) is 23.9 Å². The van der Waals surface area contributed by atoms with E-state index in [1.54, 1.807) is 18.2 Å². The van der Waals surface area contributed by atoms with Crippen LogP contribution in [0.4, 0.5) is 0 Å². The molecule has 0 saturated heterocycles. The van der Waals surface area contributed by atoms with Gasteiger partial charge in [-0.3, -0.25) is 0 Å². The Morgan fingerprint density at radius 1 is 1.38 bits per heavy atom. The molecule has 1 aromatic rings. The second-order valence-electron chi connectivity index (χ2n) is 5.92. The van der Waals surface area contributed by atoms with Crippen LogP contribution in [0.25, 0.3) is 0 Å². The van der Waals surface area contributed by atoms with Gasteiger partial charge in [-0.2, -0.15) is 0 Å². The summed E-state index contributed by atoms with van der Waals surface area (Å²) in [6.07, 6.45) is 1.50. The molecule has 1 aliphatic rings. The Bertz CT molecular complexity index is 568. The molecule has 0 radical (unpaired) electrons. The molecular formula is C15H24N2O3S. The van der Waals surface area contributed by atoms with Crippen molar-refractivity contribution in [3.05, 3.63) is 29.8 Å². The first-order valence-corrected chi connectivity index (χ1v) is 8.94. The fraction of sp³-hybridized carbons (Fsp3) is 0.600. The first kappa shape index (κ1) is 16.4. The molecule has 0 atom stereocenters. The predicted octanol–water partition coefficient (Wildman–Crippen LogP) is 0.622. The average molecular weight is 312 g/mol. The van der Waals surface area contributed by atoms with Crippen LogP contribution in [0.2, 0.25) is 0 Å². The highest BCUT2D eigenvalue weighted by Gasteiger charge is 2.28. The van der Waals surface area contributed by atoms with Crippen molar-refractivity contribution in [2.24, 2.45) is 11.7 Å². The molecule has 0 unspecified atom stereocenters. The first-order valence-electron chi connectivity index (χ1n) is 7.29. The lowest BCUT2D eigenvalue weighted by Gasteiger charge is -2.34. The molecule has 1 aromatic carbocycles. The maximum Gasteiger partial charge on any atom is 0.179 e. The van der Waals surface area contributed by atoms with Gasteiger partial charge in [0.2, 0.25) is 0 Å². The molecular weight excluding hydrogens is 288 g/mol. The molecule has 1 fully saturated rings. The topological polar surface area (TPSA) is 83.6 Å². The van der Waals surface area contributed by atoms with Crippen LogP contribution in [0.15, 0.2) is 29.2 Å². The molecule has 0 heterocycles. The number of aliphatic hydroxyl groups excluding tert-OH is 1. The van der Waals surface area contributed by atoms with Crippen LogP contribution in [0.3, 0.4) is 0 Å². The van der Waals surface area contributed by atoms with Gasteiger partial charge >= 0.3 is 0 Å². The molecule has 21 heavy (non-hydrogen) atoms. The van der Waals surface area contributed by atoms with Crippen LogP contribution in [0.1, 0.15) is 18.4 Å². The fourth-order valence-electron chi connectivity index (χ4n) is 2.64. The minimum Gasteiger partial charge on any atom is -0.393 e. The maximum atomic E-state index is 12.3. The van der Waals surface area contributed by atoms with Crippen LogP contribution in [-0.2, 0) is 16.4 Å². The third kappa shape index (κ3) is 4.51. The molecule has 0 bridgehead atoms. The van der Waals surface area contributed by atoms with E-state index in [1.807, 2.05) is 18.0 Å². The third-order valence-corrected chi connectivity index (χ3v) is 5.71. The van der Waals surface area contributed by atoms with E-state index in [9.17, 15) is 13.5 Å². The van der Waals surface area contributed by atoms with Crippen molar-refractivity contribution >= 4 is 9.84 Å². The van der Waals surface area contributed by atoms with E-state index < -0.39 is 9.84 Å². The van der Waals surface area contributed by atoms with E-state index in [4.69, 9.17) is 5.73 Å². The van der Waals surface area contributed by atoms with Crippen molar-refractivity contribution < 1.29 is 13.5 Å². The Balaban J connectivity index is 1.88. The number of aliphatic hydroxyl groups is 1. The largest absolute Gasteiger partial charge is 0.393 e. The Hall–Kier alpha value is -0.950. The second-order valence-corrected chi connectivity index (χ2v) is 8.03. The summed E-state index contributed by atoms with van der Waals surface area (Å²) in [5.41, 5.74) is 6.38. The summed E-state index contributed by atoms with van der Waals surface area (Å²) in [4.78, 5) is 2.37. The van der Waals surface area contributed by atoms with Crippen molar-refractivity contribution in [3.8, 4) is 0 Å². The highest BCUT2D eigenvalue weighted by molar-refractivity contribution is 7.91. The molecule has 0 amide bonds. The summed E-state index contributed by atoms with van der Waals surface area (Å²) >= 11 is 0. The fourth-order valence-corrected chi connectivity index (χ4v) is 4.05. The smallest absolute Gasteiger partial charge is 0.179 e. The van der Waals surface area contributed by atoms with Crippen LogP contribution >= 0.6 is 0 Å². The zero-order chi connectivity index (χ0) is 15.5. The number of nitrogens with two attached hydrogens (primary N) is 1. The van der Waals surface area contributed by atoms with Gasteiger partial charge in [-0.15, -0.1) is 0 Å². The summed E-state index contributed by atoms with van der Waals surface area (Å²) in [5, 5.41) is 9.26. The van der Waals surface area contributed by atoms with Crippen LogP contribution < -0.4 is 5.73 Å². The number of nitrogens with zero attached hydrogens (tertiary/aromatic N) is 1. The minimum atomic E-state index is -3.27. The molecule has 118 valence electrons. The van der Waals surface area contributed by atoms with E-state index >= 15 is 0 Å². The van der Waals surface area contributed by atoms with Gasteiger partial charge in [-0.05, 0) is 43.5 Å². The van der Waals surface area contributed by atoms with E-state index in [2.05, 4.69) is 0 Å². The Kier molecular flexibility index (Phi) is 5.37. The van der Waals surface area contributed by atoms with Gasteiger partial charge in [-0.1, -0.05) is 12.1 Å². The van der Waals surface area contributed by atoms with Gasteiger partial charge in [-0.25, -0.2) is 8.42 Å². The molecule has 2 rings (SSSR count). The van der Waals surface area contributed by atoms with Crippen molar-refractivity contribution in [3.63, 3.8) is 0 Å². The van der Waals surface area contributed by atoms with Crippen LogP contribution in [0.5, 0.6) is 0 Å². The number of hydrogen-bond acceptors (Lipinski definition) is 5. The monoisotopic (exact) mass is 312 g/mol. The summed E-state index contributed by atoms with van der Waals surface area (Å²) in [5.74, 6) is 0.598. The van der Waals surface area contributed by atoms with Crippen LogP contribution in [0, 0.1) is 5.92 Å². The minimum absolute atomic E-state index is 0.104. The van der Waals surface area contributed by atoms with E-state index in [1.165, 1.54) is 0 Å². The zero-order valence-corrected chi connectivity index (χ0v) is 13.2. The molecule has 1 aliphatic carbocycles. The van der Waals surface area contributed by atoms with Gasteiger partial charge in [0, 0.05) is 19.6 Å². The summed E-state index contributed by atoms with van der Waals surface area (Å²) < 4.78 is 24.6. The second kappa shape index (κ2) is 6.87. The molecule has 6 heteroatoms. The van der Waals surface area contributed by atoms with Gasteiger partial charge in [0.15, 0.2) is 9.84 Å². The number of benzene rings is 1. The SMILES string of the molecule is CN(CCS(=O)(=O)c1cccc(CN)c1)CC1CC(O)C1. The van der Waals surface area contributed by atoms with Crippen molar-refractivity contribution in [2.75, 3.05) is 25.9 Å². The lowest BCUT2D eigenvalue weighted by molar-refractivity contribution is 0.0291. The Morgan fingerprint density at radius 2 is 2.10 bits per heavy atom.